The summed E-state index contributed by atoms with van der Waals surface area (Å²) < 4.78 is 60.6. The van der Waals surface area contributed by atoms with Crippen molar-refractivity contribution >= 4 is 11.9 Å². The van der Waals surface area contributed by atoms with Crippen LogP contribution in [0.1, 0.15) is 110 Å². The van der Waals surface area contributed by atoms with Crippen LogP contribution in [0.15, 0.2) is 0 Å². The number of hydrogen-bond donors (Lipinski definition) is 2. The second kappa shape index (κ2) is 50.6. The summed E-state index contributed by atoms with van der Waals surface area (Å²) in [4.78, 5) is 21.8. The Bertz CT molecular complexity index is 798. The summed E-state index contributed by atoms with van der Waals surface area (Å²) in [6, 6.07) is 0. The predicted molar refractivity (Wildman–Crippen MR) is 219 cm³/mol. The Morgan fingerprint density at radius 2 is 0.579 bits per heavy atom. The molecule has 0 rings (SSSR count). The van der Waals surface area contributed by atoms with Crippen molar-refractivity contribution in [3.8, 4) is 0 Å². The van der Waals surface area contributed by atoms with E-state index in [-0.39, 0.29) is 18.7 Å². The van der Waals surface area contributed by atoms with Crippen LogP contribution in [-0.2, 0) is 61.7 Å². The molecule has 0 aromatic rings. The van der Waals surface area contributed by atoms with Gasteiger partial charge in [-0.2, -0.15) is 0 Å². The molecule has 0 atom stereocenters. The maximum Gasteiger partial charge on any atom is 0.303 e. The highest BCUT2D eigenvalue weighted by molar-refractivity contribution is 5.80. The Hall–Kier alpha value is -1.50. The highest BCUT2D eigenvalue weighted by Gasteiger charge is 2.04. The number of amides is 1. The van der Waals surface area contributed by atoms with Crippen LogP contribution in [0.5, 0.6) is 0 Å². The van der Waals surface area contributed by atoms with Gasteiger partial charge in [0.15, 0.2) is 0 Å². The molecule has 0 saturated heterocycles. The number of nitrogens with one attached hydrogen (secondary N) is 1. The number of aliphatic carboxylic acids is 1. The zero-order valence-corrected chi connectivity index (χ0v) is 35.8. The van der Waals surface area contributed by atoms with E-state index in [0.717, 1.165) is 13.0 Å². The molecule has 0 heterocycles. The monoisotopic (exact) mass is 826 g/mol. The van der Waals surface area contributed by atoms with Crippen molar-refractivity contribution in [2.45, 2.75) is 110 Å². The molecule has 0 aromatic carbocycles. The van der Waals surface area contributed by atoms with Crippen molar-refractivity contribution in [1.29, 1.82) is 0 Å². The fraction of sp³-hybridized carbons (Fsp3) is 0.952. The molecule has 15 nitrogen and oxygen atoms in total. The second-order valence-corrected chi connectivity index (χ2v) is 13.6. The number of carbonyl (C=O) groups excluding carboxylic acids is 1. The topological polar surface area (TPSA) is 168 Å². The Labute approximate surface area is 345 Å². The lowest BCUT2D eigenvalue weighted by atomic mass is 10.0. The third-order valence-corrected chi connectivity index (χ3v) is 8.47. The van der Waals surface area contributed by atoms with Crippen LogP contribution in [0.4, 0.5) is 0 Å². The van der Waals surface area contributed by atoms with E-state index in [1.807, 2.05) is 0 Å². The fourth-order valence-electron chi connectivity index (χ4n) is 5.23. The van der Waals surface area contributed by atoms with E-state index >= 15 is 0 Å². The third-order valence-electron chi connectivity index (χ3n) is 8.47. The van der Waals surface area contributed by atoms with Gasteiger partial charge in [-0.05, 0) is 12.8 Å². The molecule has 0 aliphatic rings. The predicted octanol–water partition coefficient (Wildman–Crippen LogP) is 5.63. The van der Waals surface area contributed by atoms with Crippen LogP contribution in [-0.4, -0.2) is 169 Å². The zero-order chi connectivity index (χ0) is 41.2. The summed E-state index contributed by atoms with van der Waals surface area (Å²) in [5.74, 6) is -1.25. The lowest BCUT2D eigenvalue weighted by Crippen LogP contribution is -2.25. The van der Waals surface area contributed by atoms with E-state index in [2.05, 4.69) is 12.2 Å². The van der Waals surface area contributed by atoms with Gasteiger partial charge in [-0.15, -0.1) is 0 Å². The first kappa shape index (κ1) is 55.5. The van der Waals surface area contributed by atoms with Crippen molar-refractivity contribution in [3.05, 3.63) is 0 Å². The molecular weight excluding hydrogens is 742 g/mol. The lowest BCUT2D eigenvalue weighted by molar-refractivity contribution is -0.138. The van der Waals surface area contributed by atoms with Gasteiger partial charge in [0.2, 0.25) is 5.91 Å². The highest BCUT2D eigenvalue weighted by Crippen LogP contribution is 2.12. The average molecular weight is 826 g/mol. The largest absolute Gasteiger partial charge is 0.481 e. The van der Waals surface area contributed by atoms with E-state index in [4.69, 9.17) is 57.2 Å². The molecule has 0 spiro atoms. The number of carbonyl (C=O) groups is 2. The van der Waals surface area contributed by atoms with Crippen molar-refractivity contribution in [2.75, 3.05) is 152 Å². The van der Waals surface area contributed by atoms with Gasteiger partial charge in [0.1, 0.15) is 0 Å². The first-order chi connectivity index (χ1) is 28.2. The summed E-state index contributed by atoms with van der Waals surface area (Å²) in [6.45, 7) is 14.3. The van der Waals surface area contributed by atoms with Crippen molar-refractivity contribution in [2.24, 2.45) is 0 Å². The average Bonchev–Trinajstić information content (AvgIpc) is 3.21. The summed E-state index contributed by atoms with van der Waals surface area (Å²) in [5, 5.41) is 11.2. The van der Waals surface area contributed by atoms with E-state index in [9.17, 15) is 9.59 Å². The highest BCUT2D eigenvalue weighted by atomic mass is 16.6. The van der Waals surface area contributed by atoms with Gasteiger partial charge < -0.3 is 62.5 Å². The molecule has 2 N–H and O–H groups in total. The van der Waals surface area contributed by atoms with Crippen molar-refractivity contribution in [1.82, 2.24) is 5.32 Å². The molecule has 0 aliphatic heterocycles. The number of carboxylic acids is 1. The molecule has 0 unspecified atom stereocenters. The van der Waals surface area contributed by atoms with Crippen molar-refractivity contribution < 1.29 is 66.8 Å². The number of rotatable bonds is 51. The normalized spacial score (nSPS) is 11.5. The van der Waals surface area contributed by atoms with Gasteiger partial charge in [0.05, 0.1) is 139 Å². The third kappa shape index (κ3) is 52.5. The number of carboxylic acid groups (broad SMARTS) is 1. The second-order valence-electron chi connectivity index (χ2n) is 13.6. The van der Waals surface area contributed by atoms with Gasteiger partial charge in [-0.1, -0.05) is 84.0 Å². The van der Waals surface area contributed by atoms with Gasteiger partial charge in [-0.25, -0.2) is 0 Å². The van der Waals surface area contributed by atoms with Crippen LogP contribution >= 0.6 is 0 Å². The van der Waals surface area contributed by atoms with E-state index < -0.39 is 5.97 Å². The van der Waals surface area contributed by atoms with Gasteiger partial charge in [-0.3, -0.25) is 9.59 Å². The minimum Gasteiger partial charge on any atom is -0.481 e. The molecule has 0 bridgehead atoms. The summed E-state index contributed by atoms with van der Waals surface area (Å²) >= 11 is 0. The lowest BCUT2D eigenvalue weighted by Gasteiger charge is -2.09. The molecule has 57 heavy (non-hydrogen) atoms. The Morgan fingerprint density at radius 1 is 0.333 bits per heavy atom. The molecule has 1 amide bonds. The number of ether oxygens (including phenoxy) is 11. The molecular formula is C42H83NO14. The summed E-state index contributed by atoms with van der Waals surface area (Å²) in [6.07, 6.45) is 18.2. The Balaban J connectivity index is 3.08. The maximum atomic E-state index is 11.4. The molecule has 0 saturated carbocycles. The smallest absolute Gasteiger partial charge is 0.303 e. The molecule has 0 fully saturated rings. The van der Waals surface area contributed by atoms with E-state index in [1.165, 1.54) is 77.0 Å². The van der Waals surface area contributed by atoms with Gasteiger partial charge in [0, 0.05) is 26.2 Å². The molecule has 340 valence electrons. The Kier molecular flexibility index (Phi) is 49.3. The fourth-order valence-corrected chi connectivity index (χ4v) is 5.23. The molecule has 0 aliphatic carbocycles. The van der Waals surface area contributed by atoms with Gasteiger partial charge >= 0.3 is 5.97 Å². The van der Waals surface area contributed by atoms with Crippen LogP contribution < -0.4 is 5.32 Å². The first-order valence-electron chi connectivity index (χ1n) is 22.0. The SMILES string of the molecule is CCCCCCCCCCCCCCCOCCOCCOCCOCCOCCOCCOCCOCCOCCOCCOCCCNC(=O)CCC(=O)O. The molecule has 0 radical (unpaired) electrons. The standard InChI is InChI=1S/C42H83NO14/c1-2-3-4-5-6-7-8-9-10-11-12-13-14-19-47-21-23-49-25-27-51-29-31-53-33-35-55-37-39-57-40-38-56-36-34-54-32-30-52-28-26-50-24-22-48-20-15-18-43-41(44)16-17-42(45)46/h2-40H2,1H3,(H,43,44)(H,45,46). The minimum absolute atomic E-state index is 0.00875. The summed E-state index contributed by atoms with van der Waals surface area (Å²) in [5.41, 5.74) is 0. The molecule has 0 aromatic heterocycles. The van der Waals surface area contributed by atoms with E-state index in [1.54, 1.807) is 0 Å². The first-order valence-corrected chi connectivity index (χ1v) is 22.0. The summed E-state index contributed by atoms with van der Waals surface area (Å²) in [7, 11) is 0. The number of hydrogen-bond acceptors (Lipinski definition) is 13. The van der Waals surface area contributed by atoms with Crippen LogP contribution in [0.25, 0.3) is 0 Å². The van der Waals surface area contributed by atoms with Crippen LogP contribution in [0.3, 0.4) is 0 Å². The van der Waals surface area contributed by atoms with E-state index in [0.29, 0.717) is 152 Å². The maximum absolute atomic E-state index is 11.4. The van der Waals surface area contributed by atoms with Gasteiger partial charge in [0.25, 0.3) is 0 Å². The molecule has 15 heteroatoms. The van der Waals surface area contributed by atoms with Crippen LogP contribution in [0.2, 0.25) is 0 Å². The number of unbranched alkanes of at least 4 members (excludes halogenated alkanes) is 12. The quantitative estimate of drug-likeness (QED) is 0.0725. The van der Waals surface area contributed by atoms with Crippen molar-refractivity contribution in [3.63, 3.8) is 0 Å². The zero-order valence-electron chi connectivity index (χ0n) is 35.8. The Morgan fingerprint density at radius 3 is 0.860 bits per heavy atom. The minimum atomic E-state index is -0.981. The van der Waals surface area contributed by atoms with Crippen LogP contribution in [0, 0.1) is 0 Å².